The number of rotatable bonds is 11. The molecule has 0 aliphatic carbocycles. The second kappa shape index (κ2) is 15.6. The first-order valence-electron chi connectivity index (χ1n) is 11.3. The highest BCUT2D eigenvalue weighted by Crippen LogP contribution is 2.15. The number of piperidine rings is 1. The molecular weight excluding hydrogens is 505 g/mol. The van der Waals surface area contributed by atoms with Gasteiger partial charge in [0.05, 0.1) is 6.10 Å². The SMILES string of the molecule is CN=C(NCc1ccnc(OC(C)CC(C)C)c1)NC1CCN(CCCOC)CC1.I. The molecule has 0 saturated carbocycles. The van der Waals surface area contributed by atoms with Crippen LogP contribution in [0.25, 0.3) is 0 Å². The fourth-order valence-electron chi connectivity index (χ4n) is 3.85. The van der Waals surface area contributed by atoms with Crippen LogP contribution >= 0.6 is 24.0 Å². The Labute approximate surface area is 205 Å². The third kappa shape index (κ3) is 11.3. The number of aliphatic imine (C=N–C) groups is 1. The molecule has 1 aliphatic heterocycles. The van der Waals surface area contributed by atoms with Gasteiger partial charge >= 0.3 is 0 Å². The van der Waals surface area contributed by atoms with E-state index in [4.69, 9.17) is 9.47 Å². The molecule has 0 spiro atoms. The van der Waals surface area contributed by atoms with Gasteiger partial charge < -0.3 is 25.0 Å². The zero-order valence-corrected chi connectivity index (χ0v) is 22.2. The van der Waals surface area contributed by atoms with Crippen LogP contribution in [-0.2, 0) is 11.3 Å². The second-order valence-electron chi connectivity index (χ2n) is 8.59. The van der Waals surface area contributed by atoms with Crippen molar-refractivity contribution in [2.45, 2.75) is 65.1 Å². The van der Waals surface area contributed by atoms with E-state index in [1.165, 1.54) is 0 Å². The van der Waals surface area contributed by atoms with Gasteiger partial charge in [-0.15, -0.1) is 24.0 Å². The third-order valence-corrected chi connectivity index (χ3v) is 5.36. The Balaban J connectivity index is 0.00000480. The molecule has 7 nitrogen and oxygen atoms in total. The molecule has 2 rings (SSSR count). The number of nitrogens with one attached hydrogen (secondary N) is 2. The van der Waals surface area contributed by atoms with Crippen LogP contribution in [0.3, 0.4) is 0 Å². The molecule has 1 aliphatic rings. The fourth-order valence-corrected chi connectivity index (χ4v) is 3.85. The first-order valence-corrected chi connectivity index (χ1v) is 11.3. The molecule has 0 amide bonds. The number of ether oxygens (including phenoxy) is 2. The number of guanidine groups is 1. The zero-order valence-electron chi connectivity index (χ0n) is 19.9. The van der Waals surface area contributed by atoms with Crippen molar-refractivity contribution in [1.29, 1.82) is 0 Å². The van der Waals surface area contributed by atoms with E-state index in [2.05, 4.69) is 46.3 Å². The molecule has 1 aromatic rings. The summed E-state index contributed by atoms with van der Waals surface area (Å²) < 4.78 is 11.1. The van der Waals surface area contributed by atoms with Gasteiger partial charge in [0.1, 0.15) is 0 Å². The van der Waals surface area contributed by atoms with E-state index in [0.29, 0.717) is 24.4 Å². The third-order valence-electron chi connectivity index (χ3n) is 5.36. The van der Waals surface area contributed by atoms with Crippen molar-refractivity contribution in [1.82, 2.24) is 20.5 Å². The van der Waals surface area contributed by atoms with Crippen molar-refractivity contribution in [3.63, 3.8) is 0 Å². The van der Waals surface area contributed by atoms with Gasteiger partial charge in [0.2, 0.25) is 5.88 Å². The van der Waals surface area contributed by atoms with Gasteiger partial charge in [-0.2, -0.15) is 0 Å². The highest BCUT2D eigenvalue weighted by molar-refractivity contribution is 14.0. The summed E-state index contributed by atoms with van der Waals surface area (Å²) >= 11 is 0. The fraction of sp³-hybridized carbons (Fsp3) is 0.739. The standard InChI is InChI=1S/C23H41N5O2.HI/c1-18(2)15-19(3)30-22-16-20(7-10-25-22)17-26-23(24-4)27-21-8-12-28(13-9-21)11-6-14-29-5;/h7,10,16,18-19,21H,6,8-9,11-15,17H2,1-5H3,(H2,24,26,27);1H. The Kier molecular flexibility index (Phi) is 14.1. The van der Waals surface area contributed by atoms with Gasteiger partial charge in [-0.25, -0.2) is 4.98 Å². The van der Waals surface area contributed by atoms with Gasteiger partial charge in [-0.3, -0.25) is 4.99 Å². The minimum Gasteiger partial charge on any atom is -0.475 e. The van der Waals surface area contributed by atoms with Crippen molar-refractivity contribution < 1.29 is 9.47 Å². The highest BCUT2D eigenvalue weighted by atomic mass is 127. The number of methoxy groups -OCH3 is 1. The van der Waals surface area contributed by atoms with Crippen LogP contribution in [0.2, 0.25) is 0 Å². The Hall–Kier alpha value is -1.13. The van der Waals surface area contributed by atoms with E-state index in [9.17, 15) is 0 Å². The maximum absolute atomic E-state index is 5.97. The van der Waals surface area contributed by atoms with Crippen molar-refractivity contribution >= 4 is 29.9 Å². The van der Waals surface area contributed by atoms with Gasteiger partial charge in [-0.05, 0) is 50.2 Å². The molecule has 1 aromatic heterocycles. The summed E-state index contributed by atoms with van der Waals surface area (Å²) in [4.78, 5) is 11.3. The number of pyridine rings is 1. The minimum absolute atomic E-state index is 0. The summed E-state index contributed by atoms with van der Waals surface area (Å²) in [7, 11) is 3.59. The van der Waals surface area contributed by atoms with Crippen LogP contribution in [0.4, 0.5) is 0 Å². The molecule has 178 valence electrons. The molecule has 8 heteroatoms. The number of likely N-dealkylation sites (tertiary alicyclic amines) is 1. The summed E-state index contributed by atoms with van der Waals surface area (Å²) in [5.41, 5.74) is 1.13. The summed E-state index contributed by atoms with van der Waals surface area (Å²) in [5, 5.41) is 7.00. The zero-order chi connectivity index (χ0) is 21.8. The van der Waals surface area contributed by atoms with Gasteiger partial charge in [-0.1, -0.05) is 13.8 Å². The van der Waals surface area contributed by atoms with Crippen LogP contribution in [-0.4, -0.2) is 68.4 Å². The molecule has 1 saturated heterocycles. The predicted molar refractivity (Wildman–Crippen MR) is 138 cm³/mol. The highest BCUT2D eigenvalue weighted by Gasteiger charge is 2.19. The largest absolute Gasteiger partial charge is 0.475 e. The molecule has 1 fully saturated rings. The number of halogens is 1. The Bertz CT molecular complexity index is 636. The first kappa shape index (κ1) is 27.9. The smallest absolute Gasteiger partial charge is 0.213 e. The van der Waals surface area contributed by atoms with Crippen LogP contribution in [0, 0.1) is 5.92 Å². The maximum atomic E-state index is 5.97. The lowest BCUT2D eigenvalue weighted by atomic mass is 10.1. The Morgan fingerprint density at radius 3 is 2.68 bits per heavy atom. The van der Waals surface area contributed by atoms with Crippen molar-refractivity contribution in [3.8, 4) is 5.88 Å². The second-order valence-corrected chi connectivity index (χ2v) is 8.59. The normalized spacial score (nSPS) is 16.6. The van der Waals surface area contributed by atoms with Crippen LogP contribution in [0.1, 0.15) is 52.0 Å². The molecule has 2 N–H and O–H groups in total. The number of aromatic nitrogens is 1. The van der Waals surface area contributed by atoms with Gasteiger partial charge in [0.25, 0.3) is 0 Å². The number of hydrogen-bond acceptors (Lipinski definition) is 5. The quantitative estimate of drug-likeness (QED) is 0.191. The molecule has 0 radical (unpaired) electrons. The van der Waals surface area contributed by atoms with Gasteiger partial charge in [0, 0.05) is 65.2 Å². The lowest BCUT2D eigenvalue weighted by Gasteiger charge is -2.33. The lowest BCUT2D eigenvalue weighted by molar-refractivity contribution is 0.155. The maximum Gasteiger partial charge on any atom is 0.213 e. The van der Waals surface area contributed by atoms with Crippen molar-refractivity contribution in [3.05, 3.63) is 23.9 Å². The van der Waals surface area contributed by atoms with Gasteiger partial charge in [0.15, 0.2) is 5.96 Å². The molecule has 31 heavy (non-hydrogen) atoms. The minimum atomic E-state index is 0. The van der Waals surface area contributed by atoms with E-state index in [1.807, 2.05) is 25.4 Å². The predicted octanol–water partition coefficient (Wildman–Crippen LogP) is 3.68. The lowest BCUT2D eigenvalue weighted by Crippen LogP contribution is -2.48. The summed E-state index contributed by atoms with van der Waals surface area (Å²) in [6.45, 7) is 11.4. The topological polar surface area (TPSA) is 71.0 Å². The molecule has 2 heterocycles. The van der Waals surface area contributed by atoms with E-state index < -0.39 is 0 Å². The van der Waals surface area contributed by atoms with Crippen LogP contribution in [0.5, 0.6) is 5.88 Å². The molecule has 1 unspecified atom stereocenters. The molecular formula is C23H42IN5O2. The summed E-state index contributed by atoms with van der Waals surface area (Å²) in [6.07, 6.45) is 6.36. The first-order chi connectivity index (χ1) is 14.5. The average Bonchev–Trinajstić information content (AvgIpc) is 2.72. The summed E-state index contributed by atoms with van der Waals surface area (Å²) in [5.74, 6) is 2.14. The number of nitrogens with zero attached hydrogens (tertiary/aromatic N) is 3. The van der Waals surface area contributed by atoms with Crippen LogP contribution in [0.15, 0.2) is 23.3 Å². The van der Waals surface area contributed by atoms with Crippen molar-refractivity contribution in [2.75, 3.05) is 40.4 Å². The van der Waals surface area contributed by atoms with E-state index in [1.54, 1.807) is 7.11 Å². The average molecular weight is 548 g/mol. The molecule has 0 bridgehead atoms. The monoisotopic (exact) mass is 547 g/mol. The summed E-state index contributed by atoms with van der Waals surface area (Å²) in [6, 6.07) is 4.48. The van der Waals surface area contributed by atoms with E-state index in [0.717, 1.165) is 63.4 Å². The van der Waals surface area contributed by atoms with E-state index in [-0.39, 0.29) is 30.1 Å². The molecule has 0 aromatic carbocycles. The Morgan fingerprint density at radius 1 is 1.29 bits per heavy atom. The Morgan fingerprint density at radius 2 is 2.03 bits per heavy atom. The number of hydrogen-bond donors (Lipinski definition) is 2. The van der Waals surface area contributed by atoms with E-state index >= 15 is 0 Å². The molecule has 1 atom stereocenters. The van der Waals surface area contributed by atoms with Crippen LogP contribution < -0.4 is 15.4 Å². The van der Waals surface area contributed by atoms with Crippen molar-refractivity contribution in [2.24, 2.45) is 10.9 Å².